The summed E-state index contributed by atoms with van der Waals surface area (Å²) in [5, 5.41) is 8.85. The number of Topliss-reactive ketones (excluding diaryl/α,β-unsaturated/α-hetero) is 1. The van der Waals surface area contributed by atoms with Crippen molar-refractivity contribution in [1.82, 2.24) is 0 Å². The predicted molar refractivity (Wildman–Crippen MR) is 33.7 cm³/mol. The van der Waals surface area contributed by atoms with Gasteiger partial charge in [0.25, 0.3) is 5.78 Å². The minimum Gasteiger partial charge on any atom is -0.282 e. The second-order valence-corrected chi connectivity index (χ2v) is 1.10. The average molecular weight is 192 g/mol. The average Bonchev–Trinajstić information content (AvgIpc) is 1.77. The van der Waals surface area contributed by atoms with E-state index in [-0.39, 0.29) is 17.0 Å². The first-order valence-electron chi connectivity index (χ1n) is 1.83. The topological polar surface area (TPSA) is 71.2 Å². The van der Waals surface area contributed by atoms with Crippen LogP contribution in [0.2, 0.25) is 0 Å². The lowest BCUT2D eigenvalue weighted by Crippen LogP contribution is -2.13. The molecule has 1 rings (SSSR count). The maximum Gasteiger partial charge on any atom is 0.338 e. The Morgan fingerprint density at radius 1 is 1.33 bits per heavy atom. The maximum absolute atomic E-state index is 10.1. The van der Waals surface area contributed by atoms with Crippen LogP contribution in [0.4, 0.5) is 0 Å². The van der Waals surface area contributed by atoms with E-state index in [1.54, 1.807) is 0 Å². The second-order valence-electron chi connectivity index (χ2n) is 1.10. The highest BCUT2D eigenvalue weighted by Gasteiger charge is 2.11. The molecule has 9 heavy (non-hydrogen) atoms. The molecule has 0 saturated carbocycles. The first-order valence-corrected chi connectivity index (χ1v) is 1.83. The molecule has 0 N–H and O–H groups in total. The van der Waals surface area contributed by atoms with Gasteiger partial charge in [0.1, 0.15) is 6.21 Å². The molecule has 0 aromatic heterocycles. The van der Waals surface area contributed by atoms with Gasteiger partial charge in [-0.05, 0) is 5.22 Å². The van der Waals surface area contributed by atoms with Gasteiger partial charge in [-0.2, -0.15) is 0 Å². The monoisotopic (exact) mass is 191 g/mol. The van der Waals surface area contributed by atoms with Gasteiger partial charge in [0.05, 0.1) is 0 Å². The van der Waals surface area contributed by atoms with Gasteiger partial charge in [0.15, 0.2) is 0 Å². The Kier molecular flexibility index (Phi) is 2.86. The van der Waals surface area contributed by atoms with Crippen LogP contribution in [0.3, 0.4) is 0 Å². The molecule has 0 atom stereocenters. The normalized spacial score (nSPS) is 15.6. The standard InChI is InChI=1S/C3HN3O2.BrH/c7-2-1-4-6-5-3(2)8;/h1H;1H. The fourth-order valence-electron chi connectivity index (χ4n) is 0.249. The number of halogens is 1. The molecule has 5 nitrogen and oxygen atoms in total. The zero-order chi connectivity index (χ0) is 5.98. The molecule has 0 bridgehead atoms. The first-order chi connectivity index (χ1) is 3.80. The number of hydrogen-bond donors (Lipinski definition) is 0. The lowest BCUT2D eigenvalue weighted by molar-refractivity contribution is -0.132. The van der Waals surface area contributed by atoms with Crippen molar-refractivity contribution in [1.29, 1.82) is 0 Å². The molecule has 0 fully saturated rings. The number of carbonyl (C=O) groups excluding carboxylic acids is 2. The highest BCUT2D eigenvalue weighted by Crippen LogP contribution is 1.86. The summed E-state index contributed by atoms with van der Waals surface area (Å²) >= 11 is 0. The van der Waals surface area contributed by atoms with E-state index in [1.807, 2.05) is 0 Å². The molecule has 6 heteroatoms. The summed E-state index contributed by atoms with van der Waals surface area (Å²) in [4.78, 5) is 20.2. The third-order valence-electron chi connectivity index (χ3n) is 0.573. The second kappa shape index (κ2) is 3.18. The van der Waals surface area contributed by atoms with Crippen LogP contribution < -0.4 is 0 Å². The van der Waals surface area contributed by atoms with Crippen LogP contribution in [0.25, 0.3) is 0 Å². The Morgan fingerprint density at radius 3 is 2.33 bits per heavy atom. The molecule has 1 amide bonds. The van der Waals surface area contributed by atoms with Gasteiger partial charge in [-0.1, -0.05) is 5.11 Å². The number of rotatable bonds is 0. The molecule has 1 heterocycles. The number of carbonyl (C=O) groups is 2. The first kappa shape index (κ1) is 8.09. The van der Waals surface area contributed by atoms with Gasteiger partial charge in [0, 0.05) is 0 Å². The quantitative estimate of drug-likeness (QED) is 0.511. The van der Waals surface area contributed by atoms with Gasteiger partial charge in [-0.3, -0.25) is 9.59 Å². The lowest BCUT2D eigenvalue weighted by atomic mass is 10.4. The Balaban J connectivity index is 0.000000640. The van der Waals surface area contributed by atoms with E-state index in [1.165, 1.54) is 0 Å². The van der Waals surface area contributed by atoms with Gasteiger partial charge < -0.3 is 0 Å². The fourth-order valence-corrected chi connectivity index (χ4v) is 0.249. The van der Waals surface area contributed by atoms with Crippen LogP contribution in [-0.4, -0.2) is 17.9 Å². The maximum atomic E-state index is 10.1. The van der Waals surface area contributed by atoms with Gasteiger partial charge >= 0.3 is 5.91 Å². The van der Waals surface area contributed by atoms with Crippen molar-refractivity contribution in [3.63, 3.8) is 0 Å². The van der Waals surface area contributed by atoms with Gasteiger partial charge in [-0.15, -0.1) is 22.1 Å². The third-order valence-corrected chi connectivity index (χ3v) is 0.573. The van der Waals surface area contributed by atoms with Crippen LogP contribution in [0.5, 0.6) is 0 Å². The van der Waals surface area contributed by atoms with Crippen LogP contribution in [0.1, 0.15) is 0 Å². The van der Waals surface area contributed by atoms with Crippen molar-refractivity contribution in [2.45, 2.75) is 0 Å². The largest absolute Gasteiger partial charge is 0.338 e. The summed E-state index contributed by atoms with van der Waals surface area (Å²) in [5.74, 6) is -1.58. The van der Waals surface area contributed by atoms with E-state index in [2.05, 4.69) is 15.4 Å². The molecule has 1 aliphatic heterocycles. The number of nitrogens with zero attached hydrogens (tertiary/aromatic N) is 3. The van der Waals surface area contributed by atoms with E-state index < -0.39 is 11.7 Å². The molecule has 0 saturated heterocycles. The Bertz CT molecular complexity index is 175. The molecular formula is C3H2BrN3O2. The summed E-state index contributed by atoms with van der Waals surface area (Å²) in [6, 6.07) is 0. The number of ketones is 1. The van der Waals surface area contributed by atoms with Gasteiger partial charge in [-0.25, -0.2) is 0 Å². The van der Waals surface area contributed by atoms with E-state index in [0.717, 1.165) is 6.21 Å². The smallest absolute Gasteiger partial charge is 0.282 e. The van der Waals surface area contributed by atoms with E-state index in [4.69, 9.17) is 0 Å². The molecule has 48 valence electrons. The van der Waals surface area contributed by atoms with E-state index in [0.29, 0.717) is 0 Å². The van der Waals surface area contributed by atoms with Gasteiger partial charge in [0.2, 0.25) is 0 Å². The van der Waals surface area contributed by atoms with Crippen LogP contribution >= 0.6 is 17.0 Å². The fraction of sp³-hybridized carbons (Fsp3) is 0. The number of hydrogen-bond acceptors (Lipinski definition) is 4. The summed E-state index contributed by atoms with van der Waals surface area (Å²) in [6.07, 6.45) is 0.829. The molecule has 0 aliphatic carbocycles. The van der Waals surface area contributed by atoms with Crippen molar-refractivity contribution in [2.24, 2.45) is 15.4 Å². The van der Waals surface area contributed by atoms with Crippen LogP contribution in [0.15, 0.2) is 15.4 Å². The molecule has 1 aliphatic rings. The molecule has 0 aromatic carbocycles. The molecule has 0 unspecified atom stereocenters. The van der Waals surface area contributed by atoms with Crippen molar-refractivity contribution in [2.75, 3.05) is 0 Å². The summed E-state index contributed by atoms with van der Waals surface area (Å²) in [6.45, 7) is 0. The van der Waals surface area contributed by atoms with E-state index in [9.17, 15) is 9.59 Å². The van der Waals surface area contributed by atoms with Crippen molar-refractivity contribution < 1.29 is 9.59 Å². The highest BCUT2D eigenvalue weighted by molar-refractivity contribution is 8.93. The third kappa shape index (κ3) is 1.80. The summed E-state index contributed by atoms with van der Waals surface area (Å²) in [7, 11) is 0. The van der Waals surface area contributed by atoms with Crippen molar-refractivity contribution >= 4 is 34.9 Å². The number of amides is 1. The molecule has 0 spiro atoms. The van der Waals surface area contributed by atoms with Crippen LogP contribution in [-0.2, 0) is 9.59 Å². The predicted octanol–water partition coefficient (Wildman–Crippen LogP) is 0.112. The van der Waals surface area contributed by atoms with Crippen LogP contribution in [0, 0.1) is 0 Å². The molecule has 0 aromatic rings. The van der Waals surface area contributed by atoms with Crippen molar-refractivity contribution in [3.8, 4) is 0 Å². The zero-order valence-corrected chi connectivity index (χ0v) is 5.86. The Morgan fingerprint density at radius 2 is 2.00 bits per heavy atom. The summed E-state index contributed by atoms with van der Waals surface area (Å²) < 4.78 is 0. The minimum atomic E-state index is -0.861. The lowest BCUT2D eigenvalue weighted by Gasteiger charge is -1.85. The highest BCUT2D eigenvalue weighted by atomic mass is 79.9. The van der Waals surface area contributed by atoms with Crippen molar-refractivity contribution in [3.05, 3.63) is 0 Å². The zero-order valence-electron chi connectivity index (χ0n) is 4.14. The SMILES string of the molecule is Br.O=C1C=NN=NC1=O. The molecular weight excluding hydrogens is 190 g/mol. The Labute approximate surface area is 60.6 Å². The Hall–Kier alpha value is -0.910. The van der Waals surface area contributed by atoms with E-state index >= 15 is 0 Å². The minimum absolute atomic E-state index is 0. The summed E-state index contributed by atoms with van der Waals surface area (Å²) in [5.41, 5.74) is 0. The molecule has 0 radical (unpaired) electrons.